The number of fused-ring (bicyclic) bond motifs is 1. The molecular formula is C26H31N5O2. The first-order valence-corrected chi connectivity index (χ1v) is 11.1. The molecule has 0 amide bonds. The van der Waals surface area contributed by atoms with Crippen molar-refractivity contribution < 1.29 is 9.47 Å². The molecule has 0 atom stereocenters. The Morgan fingerprint density at radius 2 is 1.85 bits per heavy atom. The first-order chi connectivity index (χ1) is 15.8. The zero-order chi connectivity index (χ0) is 23.4. The first-order valence-electron chi connectivity index (χ1n) is 11.1. The summed E-state index contributed by atoms with van der Waals surface area (Å²) in [6.45, 7) is 10.4. The maximum absolute atomic E-state index is 6.14. The molecule has 0 aliphatic heterocycles. The molecule has 7 heteroatoms. The van der Waals surface area contributed by atoms with Gasteiger partial charge in [-0.05, 0) is 54.3 Å². The third kappa shape index (κ3) is 5.62. The third-order valence-corrected chi connectivity index (χ3v) is 5.06. The van der Waals surface area contributed by atoms with Crippen LogP contribution in [0.15, 0.2) is 61.1 Å². The number of nitrogens with zero attached hydrogens (tertiary/aromatic N) is 3. The molecule has 4 aromatic rings. The minimum absolute atomic E-state index is 0.0947. The minimum Gasteiger partial charge on any atom is -0.493 e. The van der Waals surface area contributed by atoms with E-state index in [2.05, 4.69) is 40.6 Å². The van der Waals surface area contributed by atoms with Gasteiger partial charge >= 0.3 is 0 Å². The van der Waals surface area contributed by atoms with E-state index in [1.54, 1.807) is 6.33 Å². The Morgan fingerprint density at radius 1 is 1.03 bits per heavy atom. The van der Waals surface area contributed by atoms with Crippen LogP contribution in [0.2, 0.25) is 0 Å². The number of aromatic nitrogens is 3. The highest BCUT2D eigenvalue weighted by Crippen LogP contribution is 2.31. The Labute approximate surface area is 194 Å². The molecule has 0 aliphatic carbocycles. The molecular weight excluding hydrogens is 414 g/mol. The van der Waals surface area contributed by atoms with Gasteiger partial charge in [-0.1, -0.05) is 26.8 Å². The van der Waals surface area contributed by atoms with Crippen LogP contribution in [0.1, 0.15) is 26.3 Å². The number of rotatable bonds is 8. The summed E-state index contributed by atoms with van der Waals surface area (Å²) in [7, 11) is 0. The number of hydrogen-bond donors (Lipinski definition) is 2. The highest BCUT2D eigenvalue weighted by atomic mass is 16.5. The predicted molar refractivity (Wildman–Crippen MR) is 133 cm³/mol. The quantitative estimate of drug-likeness (QED) is 0.364. The Balaban J connectivity index is 1.51. The first kappa shape index (κ1) is 22.6. The van der Waals surface area contributed by atoms with Gasteiger partial charge in [-0.25, -0.2) is 9.97 Å². The number of ether oxygens (including phenoxy) is 2. The second kappa shape index (κ2) is 9.50. The van der Waals surface area contributed by atoms with Crippen LogP contribution in [-0.4, -0.2) is 27.7 Å². The van der Waals surface area contributed by atoms with Crippen LogP contribution in [0.4, 0.5) is 11.5 Å². The largest absolute Gasteiger partial charge is 0.493 e. The Kier molecular flexibility index (Phi) is 6.51. The lowest BCUT2D eigenvalue weighted by atomic mass is 9.99. The summed E-state index contributed by atoms with van der Waals surface area (Å²) in [5.41, 5.74) is 9.59. The molecule has 4 rings (SSSR count). The van der Waals surface area contributed by atoms with Crippen molar-refractivity contribution in [3.8, 4) is 17.2 Å². The monoisotopic (exact) mass is 445 g/mol. The molecule has 2 aromatic heterocycles. The highest BCUT2D eigenvalue weighted by Gasteiger charge is 2.13. The minimum atomic E-state index is 0.0947. The molecule has 0 fully saturated rings. The number of aryl methyl sites for hydroxylation is 1. The van der Waals surface area contributed by atoms with Crippen LogP contribution >= 0.6 is 0 Å². The molecule has 7 nitrogen and oxygen atoms in total. The number of benzene rings is 2. The second-order valence-corrected chi connectivity index (χ2v) is 9.29. The lowest BCUT2D eigenvalue weighted by Gasteiger charge is -2.19. The van der Waals surface area contributed by atoms with Crippen LogP contribution in [0.5, 0.6) is 17.2 Å². The van der Waals surface area contributed by atoms with Crippen molar-refractivity contribution in [2.45, 2.75) is 34.2 Å². The van der Waals surface area contributed by atoms with E-state index in [4.69, 9.17) is 15.2 Å². The zero-order valence-corrected chi connectivity index (χ0v) is 19.6. The highest BCUT2D eigenvalue weighted by molar-refractivity contribution is 5.88. The van der Waals surface area contributed by atoms with Crippen molar-refractivity contribution in [2.24, 2.45) is 11.1 Å². The van der Waals surface area contributed by atoms with E-state index in [9.17, 15) is 0 Å². The fourth-order valence-corrected chi connectivity index (χ4v) is 3.48. The summed E-state index contributed by atoms with van der Waals surface area (Å²) in [5, 5.41) is 3.42. The summed E-state index contributed by atoms with van der Waals surface area (Å²) >= 11 is 0. The molecule has 33 heavy (non-hydrogen) atoms. The molecule has 0 saturated carbocycles. The van der Waals surface area contributed by atoms with E-state index in [0.29, 0.717) is 19.7 Å². The number of nitrogens with one attached hydrogen (secondary N) is 1. The lowest BCUT2D eigenvalue weighted by Crippen LogP contribution is -2.16. The van der Waals surface area contributed by atoms with Gasteiger partial charge in [0.25, 0.3) is 0 Å². The van der Waals surface area contributed by atoms with E-state index in [1.807, 2.05) is 61.7 Å². The third-order valence-electron chi connectivity index (χ3n) is 5.06. The van der Waals surface area contributed by atoms with Gasteiger partial charge in [-0.2, -0.15) is 0 Å². The van der Waals surface area contributed by atoms with Gasteiger partial charge in [0, 0.05) is 31.0 Å². The van der Waals surface area contributed by atoms with E-state index >= 15 is 0 Å². The molecule has 172 valence electrons. The topological polar surface area (TPSA) is 87.2 Å². The normalized spacial score (nSPS) is 11.5. The average Bonchev–Trinajstić information content (AvgIpc) is 3.18. The van der Waals surface area contributed by atoms with Gasteiger partial charge in [-0.15, -0.1) is 0 Å². The van der Waals surface area contributed by atoms with E-state index in [1.165, 1.54) is 0 Å². The van der Waals surface area contributed by atoms with Gasteiger partial charge in [0.05, 0.1) is 12.1 Å². The summed E-state index contributed by atoms with van der Waals surface area (Å²) in [4.78, 5) is 8.81. The Hall–Kier alpha value is -3.58. The molecule has 0 aliphatic rings. The molecule has 0 bridgehead atoms. The van der Waals surface area contributed by atoms with Gasteiger partial charge in [0.15, 0.2) is 5.82 Å². The van der Waals surface area contributed by atoms with Crippen LogP contribution in [0.3, 0.4) is 0 Å². The summed E-state index contributed by atoms with van der Waals surface area (Å²) in [6.07, 6.45) is 3.55. The summed E-state index contributed by atoms with van der Waals surface area (Å²) in [6, 6.07) is 15.7. The average molecular weight is 446 g/mol. The number of nitrogens with two attached hydrogens (primary N) is 1. The predicted octanol–water partition coefficient (Wildman–Crippen LogP) is 5.66. The fourth-order valence-electron chi connectivity index (χ4n) is 3.48. The molecule has 2 heterocycles. The SMILES string of the molecule is Cc1cc(Nc2ncnc3ccn(CCN)c23)ccc1Oc1cccc(OCC(C)(C)C)c1. The lowest BCUT2D eigenvalue weighted by molar-refractivity contribution is 0.197. The van der Waals surface area contributed by atoms with Gasteiger partial charge < -0.3 is 25.1 Å². The van der Waals surface area contributed by atoms with E-state index < -0.39 is 0 Å². The zero-order valence-electron chi connectivity index (χ0n) is 19.6. The molecule has 0 unspecified atom stereocenters. The van der Waals surface area contributed by atoms with Crippen molar-refractivity contribution >= 4 is 22.5 Å². The molecule has 3 N–H and O–H groups in total. The van der Waals surface area contributed by atoms with Crippen molar-refractivity contribution in [1.82, 2.24) is 14.5 Å². The molecule has 0 saturated heterocycles. The van der Waals surface area contributed by atoms with Gasteiger partial charge in [0.1, 0.15) is 29.1 Å². The Bertz CT molecular complexity index is 1240. The van der Waals surface area contributed by atoms with Crippen molar-refractivity contribution in [3.63, 3.8) is 0 Å². The van der Waals surface area contributed by atoms with E-state index in [0.717, 1.165) is 45.4 Å². The molecule has 0 radical (unpaired) electrons. The van der Waals surface area contributed by atoms with Crippen molar-refractivity contribution in [2.75, 3.05) is 18.5 Å². The van der Waals surface area contributed by atoms with Crippen LogP contribution in [0, 0.1) is 12.3 Å². The number of hydrogen-bond acceptors (Lipinski definition) is 6. The summed E-state index contributed by atoms with van der Waals surface area (Å²) in [5.74, 6) is 3.07. The fraction of sp³-hybridized carbons (Fsp3) is 0.308. The maximum Gasteiger partial charge on any atom is 0.158 e. The van der Waals surface area contributed by atoms with Crippen molar-refractivity contribution in [3.05, 3.63) is 66.6 Å². The maximum atomic E-state index is 6.14. The smallest absolute Gasteiger partial charge is 0.158 e. The van der Waals surface area contributed by atoms with Gasteiger partial charge in [-0.3, -0.25) is 0 Å². The van der Waals surface area contributed by atoms with Crippen LogP contribution in [-0.2, 0) is 6.54 Å². The second-order valence-electron chi connectivity index (χ2n) is 9.29. The summed E-state index contributed by atoms with van der Waals surface area (Å²) < 4.78 is 14.1. The molecule has 2 aromatic carbocycles. The standard InChI is InChI=1S/C26H31N5O2/c1-18-14-19(30-25-24-22(28-17-29-25)10-12-31(24)13-11-27)8-9-23(18)33-21-7-5-6-20(15-21)32-16-26(2,3)4/h5-10,12,14-15,17H,11,13,16,27H2,1-4H3,(H,28,29,30). The van der Waals surface area contributed by atoms with E-state index in [-0.39, 0.29) is 5.41 Å². The van der Waals surface area contributed by atoms with Crippen molar-refractivity contribution in [1.29, 1.82) is 0 Å². The van der Waals surface area contributed by atoms with Crippen LogP contribution in [0.25, 0.3) is 11.0 Å². The van der Waals surface area contributed by atoms with Gasteiger partial charge in [0.2, 0.25) is 0 Å². The molecule has 0 spiro atoms. The van der Waals surface area contributed by atoms with Crippen LogP contribution < -0.4 is 20.5 Å². The Morgan fingerprint density at radius 3 is 2.61 bits per heavy atom. The number of anilines is 2.